The third-order valence-corrected chi connectivity index (χ3v) is 3.57. The van der Waals surface area contributed by atoms with Crippen LogP contribution in [-0.2, 0) is 4.79 Å². The number of carbonyl (C=O) groups is 1. The summed E-state index contributed by atoms with van der Waals surface area (Å²) in [6, 6.07) is 0. The summed E-state index contributed by atoms with van der Waals surface area (Å²) < 4.78 is 0. The summed E-state index contributed by atoms with van der Waals surface area (Å²) in [6.07, 6.45) is 2.76. The Morgan fingerprint density at radius 2 is 1.87 bits per heavy atom. The lowest BCUT2D eigenvalue weighted by atomic mass is 9.75. The minimum Gasteiger partial charge on any atom is -0.343 e. The zero-order chi connectivity index (χ0) is 11.5. The molecule has 0 aromatic carbocycles. The van der Waals surface area contributed by atoms with Crippen LogP contribution < -0.4 is 0 Å². The molecule has 15 heavy (non-hydrogen) atoms. The molecule has 0 atom stereocenters. The first-order chi connectivity index (χ1) is 6.95. The highest BCUT2D eigenvalue weighted by Gasteiger charge is 2.29. The van der Waals surface area contributed by atoms with E-state index in [1.165, 1.54) is 0 Å². The van der Waals surface area contributed by atoms with Crippen molar-refractivity contribution in [1.82, 2.24) is 4.90 Å². The van der Waals surface area contributed by atoms with Crippen LogP contribution in [0.2, 0.25) is 0 Å². The number of halogens is 1. The molecule has 88 valence electrons. The average molecular weight is 232 g/mol. The molecule has 1 aliphatic heterocycles. The van der Waals surface area contributed by atoms with Gasteiger partial charge in [0, 0.05) is 25.4 Å². The van der Waals surface area contributed by atoms with E-state index in [2.05, 4.69) is 20.8 Å². The average Bonchev–Trinajstić information content (AvgIpc) is 2.17. The molecule has 1 rings (SSSR count). The van der Waals surface area contributed by atoms with Gasteiger partial charge < -0.3 is 4.90 Å². The summed E-state index contributed by atoms with van der Waals surface area (Å²) in [4.78, 5) is 13.6. The van der Waals surface area contributed by atoms with E-state index in [9.17, 15) is 4.79 Å². The molecule has 1 fully saturated rings. The maximum atomic E-state index is 11.6. The van der Waals surface area contributed by atoms with Crippen molar-refractivity contribution in [3.8, 4) is 0 Å². The van der Waals surface area contributed by atoms with E-state index in [0.29, 0.717) is 17.7 Å². The fourth-order valence-electron chi connectivity index (χ4n) is 2.23. The lowest BCUT2D eigenvalue weighted by molar-refractivity contribution is -0.132. The number of hydrogen-bond acceptors (Lipinski definition) is 1. The van der Waals surface area contributed by atoms with Crippen LogP contribution in [-0.4, -0.2) is 29.8 Å². The molecule has 0 saturated carbocycles. The largest absolute Gasteiger partial charge is 0.343 e. The number of piperidine rings is 1. The molecule has 0 bridgehead atoms. The predicted molar refractivity (Wildman–Crippen MR) is 64.1 cm³/mol. The Hall–Kier alpha value is -0.240. The lowest BCUT2D eigenvalue weighted by Crippen LogP contribution is -2.41. The van der Waals surface area contributed by atoms with Crippen LogP contribution in [0.3, 0.4) is 0 Å². The molecule has 1 amide bonds. The molecule has 0 N–H and O–H groups in total. The maximum Gasteiger partial charge on any atom is 0.223 e. The van der Waals surface area contributed by atoms with E-state index in [-0.39, 0.29) is 5.91 Å². The molecule has 0 aliphatic carbocycles. The monoisotopic (exact) mass is 231 g/mol. The topological polar surface area (TPSA) is 20.3 Å². The third kappa shape index (κ3) is 3.67. The zero-order valence-electron chi connectivity index (χ0n) is 10.1. The van der Waals surface area contributed by atoms with Crippen molar-refractivity contribution in [2.75, 3.05) is 19.0 Å². The van der Waals surface area contributed by atoms with Gasteiger partial charge in [-0.3, -0.25) is 4.79 Å². The van der Waals surface area contributed by atoms with Gasteiger partial charge in [0.15, 0.2) is 0 Å². The van der Waals surface area contributed by atoms with Crippen molar-refractivity contribution in [1.29, 1.82) is 0 Å². The van der Waals surface area contributed by atoms with Crippen LogP contribution in [0.15, 0.2) is 0 Å². The molecule has 0 radical (unpaired) electrons. The first-order valence-corrected chi connectivity index (χ1v) is 6.32. The highest BCUT2D eigenvalue weighted by molar-refractivity contribution is 6.18. The minimum absolute atomic E-state index is 0.220. The van der Waals surface area contributed by atoms with Crippen LogP contribution in [0.4, 0.5) is 0 Å². The summed E-state index contributed by atoms with van der Waals surface area (Å²) in [5.41, 5.74) is 0.377. The lowest BCUT2D eigenvalue weighted by Gasteiger charge is -2.38. The Morgan fingerprint density at radius 3 is 2.27 bits per heavy atom. The Labute approximate surface area is 98.0 Å². The minimum atomic E-state index is 0.220. The van der Waals surface area contributed by atoms with Crippen LogP contribution in [0.5, 0.6) is 0 Å². The first kappa shape index (κ1) is 12.8. The summed E-state index contributed by atoms with van der Waals surface area (Å²) in [7, 11) is 0. The summed E-state index contributed by atoms with van der Waals surface area (Å²) >= 11 is 5.57. The van der Waals surface area contributed by atoms with Gasteiger partial charge in [-0.25, -0.2) is 0 Å². The second kappa shape index (κ2) is 5.20. The summed E-state index contributed by atoms with van der Waals surface area (Å²) in [5.74, 6) is 1.41. The van der Waals surface area contributed by atoms with Gasteiger partial charge in [-0.1, -0.05) is 20.8 Å². The summed E-state index contributed by atoms with van der Waals surface area (Å²) in [6.45, 7) is 8.69. The Kier molecular flexibility index (Phi) is 4.45. The van der Waals surface area contributed by atoms with Crippen molar-refractivity contribution < 1.29 is 4.79 Å². The first-order valence-electron chi connectivity index (χ1n) is 5.79. The van der Waals surface area contributed by atoms with Gasteiger partial charge in [0.1, 0.15) is 0 Å². The van der Waals surface area contributed by atoms with Crippen LogP contribution in [0.1, 0.15) is 40.0 Å². The Balaban J connectivity index is 2.39. The molecule has 2 nitrogen and oxygen atoms in total. The van der Waals surface area contributed by atoms with Gasteiger partial charge in [0.25, 0.3) is 0 Å². The van der Waals surface area contributed by atoms with E-state index < -0.39 is 0 Å². The molecule has 0 aromatic heterocycles. The standard InChI is InChI=1S/C12H22ClNO/c1-12(2,3)10-5-8-14(9-6-10)11(15)4-7-13/h10H,4-9H2,1-3H3. The molecule has 0 spiro atoms. The highest BCUT2D eigenvalue weighted by atomic mass is 35.5. The normalized spacial score (nSPS) is 19.3. The number of rotatable bonds is 2. The molecule has 1 heterocycles. The zero-order valence-corrected chi connectivity index (χ0v) is 10.8. The Morgan fingerprint density at radius 1 is 1.33 bits per heavy atom. The fourth-order valence-corrected chi connectivity index (χ4v) is 2.40. The number of carbonyl (C=O) groups excluding carboxylic acids is 1. The number of alkyl halides is 1. The van der Waals surface area contributed by atoms with Crippen LogP contribution >= 0.6 is 11.6 Å². The van der Waals surface area contributed by atoms with Crippen LogP contribution in [0, 0.1) is 11.3 Å². The van der Waals surface area contributed by atoms with Crippen molar-refractivity contribution >= 4 is 17.5 Å². The fraction of sp³-hybridized carbons (Fsp3) is 0.917. The molecule has 3 heteroatoms. The smallest absolute Gasteiger partial charge is 0.223 e. The quantitative estimate of drug-likeness (QED) is 0.670. The molecular weight excluding hydrogens is 210 g/mol. The SMILES string of the molecule is CC(C)(C)C1CCN(C(=O)CCCl)CC1. The molecular formula is C12H22ClNO. The van der Waals surface area contributed by atoms with Crippen molar-refractivity contribution in [2.45, 2.75) is 40.0 Å². The van der Waals surface area contributed by atoms with Gasteiger partial charge in [-0.2, -0.15) is 0 Å². The van der Waals surface area contributed by atoms with E-state index in [1.54, 1.807) is 0 Å². The number of amides is 1. The van der Waals surface area contributed by atoms with Gasteiger partial charge in [-0.15, -0.1) is 11.6 Å². The highest BCUT2D eigenvalue weighted by Crippen LogP contribution is 2.34. The van der Waals surface area contributed by atoms with Gasteiger partial charge in [0.2, 0.25) is 5.91 Å². The summed E-state index contributed by atoms with van der Waals surface area (Å²) in [5, 5.41) is 0. The van der Waals surface area contributed by atoms with E-state index >= 15 is 0 Å². The van der Waals surface area contributed by atoms with Crippen molar-refractivity contribution in [3.05, 3.63) is 0 Å². The van der Waals surface area contributed by atoms with Gasteiger partial charge >= 0.3 is 0 Å². The van der Waals surface area contributed by atoms with E-state index in [4.69, 9.17) is 11.6 Å². The Bertz CT molecular complexity index is 214. The van der Waals surface area contributed by atoms with E-state index in [1.807, 2.05) is 4.90 Å². The second-order valence-electron chi connectivity index (χ2n) is 5.46. The number of hydrogen-bond donors (Lipinski definition) is 0. The van der Waals surface area contributed by atoms with Crippen LogP contribution in [0.25, 0.3) is 0 Å². The van der Waals surface area contributed by atoms with Crippen molar-refractivity contribution in [3.63, 3.8) is 0 Å². The predicted octanol–water partition coefficient (Wildman–Crippen LogP) is 2.90. The van der Waals surface area contributed by atoms with Gasteiger partial charge in [-0.05, 0) is 24.2 Å². The second-order valence-corrected chi connectivity index (χ2v) is 5.84. The maximum absolute atomic E-state index is 11.6. The molecule has 1 aliphatic rings. The van der Waals surface area contributed by atoms with Crippen molar-refractivity contribution in [2.24, 2.45) is 11.3 Å². The number of likely N-dealkylation sites (tertiary alicyclic amines) is 1. The van der Waals surface area contributed by atoms with Gasteiger partial charge in [0.05, 0.1) is 0 Å². The number of nitrogens with zero attached hydrogens (tertiary/aromatic N) is 1. The molecule has 1 saturated heterocycles. The molecule has 0 aromatic rings. The molecule has 0 unspecified atom stereocenters. The van der Waals surface area contributed by atoms with E-state index in [0.717, 1.165) is 31.8 Å². The third-order valence-electron chi connectivity index (χ3n) is 3.38.